The average Bonchev–Trinajstić information content (AvgIpc) is 3.22. The molecule has 4 N–H and O–H groups in total. The molecule has 9 nitrogen and oxygen atoms in total. The van der Waals surface area contributed by atoms with Gasteiger partial charge in [0, 0.05) is 0 Å². The maximum atomic E-state index is 12.5. The summed E-state index contributed by atoms with van der Waals surface area (Å²) in [5.41, 5.74) is 7.02. The van der Waals surface area contributed by atoms with E-state index < -0.39 is 37.5 Å². The van der Waals surface area contributed by atoms with Crippen molar-refractivity contribution in [3.05, 3.63) is 54.6 Å². The Morgan fingerprint density at radius 2 is 1.65 bits per heavy atom. The predicted octanol–water partition coefficient (Wildman–Crippen LogP) is 2.89. The number of carboxylic acids is 1. The van der Waals surface area contributed by atoms with E-state index in [1.807, 2.05) is 79.1 Å². The standard InChI is InChI=1S/C21H30N4O3.C2HF3O2.BF4/c1-16(2)13-19(21(27)28-12-11-25-10-9-24(3)15-25)23-20(26)18(22)14-17-7-5-4-6-8-17;3-2(4,5)1(6)7;2-1(3,4)5/h4-10,15-16,18-19H,11-14,22H2,1-3H3;(H,6,7);/q;;-1/p+1/t18-,19-;;/m0../s1. The number of amides is 1. The third-order valence-corrected chi connectivity index (χ3v) is 4.60. The van der Waals surface area contributed by atoms with E-state index in [1.54, 1.807) is 0 Å². The summed E-state index contributed by atoms with van der Waals surface area (Å²) in [6.45, 7) is 4.79. The molecule has 226 valence electrons. The molecule has 1 aromatic carbocycles. The van der Waals surface area contributed by atoms with Crippen molar-refractivity contribution in [1.29, 1.82) is 0 Å². The summed E-state index contributed by atoms with van der Waals surface area (Å²) in [6.07, 6.45) is 1.56. The van der Waals surface area contributed by atoms with Gasteiger partial charge >= 0.3 is 25.4 Å². The summed E-state index contributed by atoms with van der Waals surface area (Å²) in [5.74, 6) is -3.30. The first-order valence-corrected chi connectivity index (χ1v) is 11.7. The number of rotatable bonds is 10. The number of nitrogens with zero attached hydrogens (tertiary/aromatic N) is 2. The molecule has 0 radical (unpaired) electrons. The normalized spacial score (nSPS) is 12.7. The maximum absolute atomic E-state index is 12.5. The highest BCUT2D eigenvalue weighted by Gasteiger charge is 2.38. The number of aryl methyl sites for hydroxylation is 1. The SMILES string of the molecule is CC(C)C[C@H](NC(=O)[C@@H](N)Cc1ccccc1)C(=O)OCCn1cc[n+](C)c1.F[B-](F)(F)F.O=C(O)C(F)(F)F. The lowest BCUT2D eigenvalue weighted by Gasteiger charge is -2.21. The summed E-state index contributed by atoms with van der Waals surface area (Å²) in [5, 5.41) is 9.90. The molecule has 2 atom stereocenters. The quantitative estimate of drug-likeness (QED) is 0.170. The number of hydrogen-bond acceptors (Lipinski definition) is 5. The van der Waals surface area contributed by atoms with E-state index in [2.05, 4.69) is 5.32 Å². The monoisotopic (exact) mass is 588 g/mol. The minimum atomic E-state index is -6.00. The number of alkyl halides is 3. The van der Waals surface area contributed by atoms with E-state index >= 15 is 0 Å². The summed E-state index contributed by atoms with van der Waals surface area (Å²) in [4.78, 5) is 33.9. The lowest BCUT2D eigenvalue weighted by Crippen LogP contribution is -2.50. The maximum Gasteiger partial charge on any atom is 0.673 e. The molecule has 2 aromatic rings. The largest absolute Gasteiger partial charge is 0.673 e. The summed E-state index contributed by atoms with van der Waals surface area (Å²) in [6, 6.07) is 8.16. The Bertz CT molecular complexity index is 1040. The molecule has 0 aliphatic carbocycles. The van der Waals surface area contributed by atoms with Gasteiger partial charge in [-0.15, -0.1) is 0 Å². The van der Waals surface area contributed by atoms with Crippen LogP contribution in [-0.4, -0.2) is 59.6 Å². The molecule has 1 amide bonds. The molecule has 0 aliphatic heterocycles. The molecule has 0 fully saturated rings. The fourth-order valence-corrected chi connectivity index (χ4v) is 2.91. The van der Waals surface area contributed by atoms with E-state index in [4.69, 9.17) is 20.4 Å². The number of hydrogen-bond donors (Lipinski definition) is 3. The Kier molecular flexibility index (Phi) is 15.6. The van der Waals surface area contributed by atoms with Crippen LogP contribution >= 0.6 is 0 Å². The van der Waals surface area contributed by atoms with Crippen LogP contribution in [0.4, 0.5) is 30.4 Å². The van der Waals surface area contributed by atoms with Crippen LogP contribution < -0.4 is 15.6 Å². The Morgan fingerprint density at radius 1 is 1.12 bits per heavy atom. The Hall–Kier alpha value is -3.63. The van der Waals surface area contributed by atoms with Crippen molar-refractivity contribution >= 4 is 25.1 Å². The van der Waals surface area contributed by atoms with Crippen molar-refractivity contribution in [3.63, 3.8) is 0 Å². The van der Waals surface area contributed by atoms with E-state index in [0.29, 0.717) is 19.4 Å². The third kappa shape index (κ3) is 18.6. The van der Waals surface area contributed by atoms with E-state index in [9.17, 15) is 40.0 Å². The number of aromatic nitrogens is 2. The fourth-order valence-electron chi connectivity index (χ4n) is 2.91. The highest BCUT2D eigenvalue weighted by Crippen LogP contribution is 2.13. The molecule has 17 heteroatoms. The average molecular weight is 588 g/mol. The number of carbonyl (C=O) groups is 3. The second-order valence-electron chi connectivity index (χ2n) is 8.77. The first kappa shape index (κ1) is 36.4. The number of nitrogens with one attached hydrogen (secondary N) is 1. The lowest BCUT2D eigenvalue weighted by molar-refractivity contribution is -0.671. The number of ether oxygens (including phenoxy) is 1. The molecule has 0 spiro atoms. The molecule has 40 heavy (non-hydrogen) atoms. The Morgan fingerprint density at radius 3 is 2.08 bits per heavy atom. The zero-order valence-electron chi connectivity index (χ0n) is 22.0. The van der Waals surface area contributed by atoms with Crippen molar-refractivity contribution < 1.29 is 59.2 Å². The number of halogens is 7. The van der Waals surface area contributed by atoms with Gasteiger partial charge in [0.05, 0.1) is 13.1 Å². The number of aliphatic carboxylic acids is 1. The number of benzene rings is 1. The van der Waals surface area contributed by atoms with Crippen LogP contribution in [0.3, 0.4) is 0 Å². The van der Waals surface area contributed by atoms with Gasteiger partial charge in [-0.2, -0.15) is 13.2 Å². The molecule has 0 bridgehead atoms. The van der Waals surface area contributed by atoms with Gasteiger partial charge in [0.2, 0.25) is 12.2 Å². The number of nitrogens with two attached hydrogens (primary N) is 1. The summed E-state index contributed by atoms with van der Waals surface area (Å²) >= 11 is 0. The van der Waals surface area contributed by atoms with Crippen LogP contribution in [0, 0.1) is 5.92 Å². The molecule has 2 rings (SSSR count). The third-order valence-electron chi connectivity index (χ3n) is 4.60. The van der Waals surface area contributed by atoms with Gasteiger partial charge in [-0.1, -0.05) is 44.2 Å². The van der Waals surface area contributed by atoms with E-state index in [-0.39, 0.29) is 18.4 Å². The van der Waals surface area contributed by atoms with Crippen LogP contribution in [0.5, 0.6) is 0 Å². The summed E-state index contributed by atoms with van der Waals surface area (Å²) < 4.78 is 80.0. The molecule has 0 saturated heterocycles. The fraction of sp³-hybridized carbons (Fsp3) is 0.478. The van der Waals surface area contributed by atoms with Crippen LogP contribution in [0.15, 0.2) is 49.1 Å². The lowest BCUT2D eigenvalue weighted by atomic mass is 10.0. The molecule has 0 saturated carbocycles. The zero-order chi connectivity index (χ0) is 31.1. The second-order valence-corrected chi connectivity index (χ2v) is 8.77. The van der Waals surface area contributed by atoms with Crippen LogP contribution in [0.2, 0.25) is 0 Å². The highest BCUT2D eigenvalue weighted by molar-refractivity contribution is 6.50. The van der Waals surface area contributed by atoms with Crippen molar-refractivity contribution in [2.24, 2.45) is 18.7 Å². The number of esters is 1. The topological polar surface area (TPSA) is 128 Å². The Balaban J connectivity index is 0.00000106. The minimum Gasteiger partial charge on any atom is -0.475 e. The van der Waals surface area contributed by atoms with Crippen molar-refractivity contribution in [2.75, 3.05) is 6.61 Å². The van der Waals surface area contributed by atoms with Gasteiger partial charge in [-0.25, -0.2) is 18.7 Å². The van der Waals surface area contributed by atoms with E-state index in [1.165, 1.54) is 0 Å². The van der Waals surface area contributed by atoms with Crippen molar-refractivity contribution in [2.45, 2.75) is 51.5 Å². The van der Waals surface area contributed by atoms with Gasteiger partial charge in [0.15, 0.2) is 0 Å². The van der Waals surface area contributed by atoms with Gasteiger partial charge in [-0.05, 0) is 24.3 Å². The number of carbonyl (C=O) groups excluding carboxylic acids is 2. The van der Waals surface area contributed by atoms with Crippen LogP contribution in [-0.2, 0) is 39.1 Å². The van der Waals surface area contributed by atoms with Gasteiger partial charge < -0.3 is 38.2 Å². The Labute approximate surface area is 226 Å². The first-order valence-electron chi connectivity index (χ1n) is 11.7. The highest BCUT2D eigenvalue weighted by atomic mass is 19.5. The van der Waals surface area contributed by atoms with Gasteiger partial charge in [0.25, 0.3) is 0 Å². The predicted molar refractivity (Wildman–Crippen MR) is 130 cm³/mol. The van der Waals surface area contributed by atoms with Crippen molar-refractivity contribution in [3.8, 4) is 0 Å². The van der Waals surface area contributed by atoms with E-state index in [0.717, 1.165) is 5.56 Å². The summed E-state index contributed by atoms with van der Waals surface area (Å²) in [7, 11) is -4.07. The number of carboxylic acid groups (broad SMARTS) is 1. The van der Waals surface area contributed by atoms with Gasteiger partial charge in [0.1, 0.15) is 31.6 Å². The minimum absolute atomic E-state index is 0.228. The van der Waals surface area contributed by atoms with Crippen LogP contribution in [0.1, 0.15) is 25.8 Å². The van der Waals surface area contributed by atoms with Crippen molar-refractivity contribution in [1.82, 2.24) is 9.88 Å². The first-order chi connectivity index (χ1) is 18.3. The number of imidazole rings is 1. The molecular weight excluding hydrogens is 556 g/mol. The smallest absolute Gasteiger partial charge is 0.475 e. The van der Waals surface area contributed by atoms with Gasteiger partial charge in [-0.3, -0.25) is 4.79 Å². The molecule has 1 heterocycles. The second kappa shape index (κ2) is 17.1. The molecule has 1 aromatic heterocycles. The molecule has 0 unspecified atom stereocenters. The van der Waals surface area contributed by atoms with Crippen LogP contribution in [0.25, 0.3) is 0 Å². The molecular formula is C23H32BF7N4O5. The zero-order valence-corrected chi connectivity index (χ0v) is 22.0. The molecule has 0 aliphatic rings.